The Labute approximate surface area is 93.6 Å². The number of hydrogen-bond acceptors (Lipinski definition) is 2. The molecule has 0 fully saturated rings. The van der Waals surface area contributed by atoms with Crippen molar-refractivity contribution in [3.05, 3.63) is 0 Å². The molecule has 0 aliphatic carbocycles. The average Bonchev–Trinajstić information content (AvgIpc) is 1.93. The summed E-state index contributed by atoms with van der Waals surface area (Å²) in [5, 5.41) is 0. The van der Waals surface area contributed by atoms with Crippen molar-refractivity contribution in [3.8, 4) is 0 Å². The van der Waals surface area contributed by atoms with E-state index >= 15 is 0 Å². The van der Waals surface area contributed by atoms with E-state index in [2.05, 4.69) is 13.8 Å². The molecule has 0 aromatic heterocycles. The Morgan fingerprint density at radius 2 is 1.08 bits per heavy atom. The summed E-state index contributed by atoms with van der Waals surface area (Å²) < 4.78 is 0. The molecule has 0 heterocycles. The van der Waals surface area contributed by atoms with Gasteiger partial charge in [-0.3, -0.25) is 0 Å². The van der Waals surface area contributed by atoms with Gasteiger partial charge in [0, 0.05) is 0 Å². The highest BCUT2D eigenvalue weighted by Gasteiger charge is 1.68. The zero-order valence-corrected chi connectivity index (χ0v) is 10.7. The maximum atomic E-state index is 5.14. The smallest absolute Gasteiger partial charge is 0.00774 e. The molecule has 0 aromatic carbocycles. The number of unbranched alkanes of at least 4 members (excludes halogenated alkanes) is 2. The van der Waals surface area contributed by atoms with Crippen LogP contribution in [0.25, 0.3) is 0 Å². The molecule has 0 aromatic rings. The lowest BCUT2D eigenvalue weighted by atomic mass is 10.3. The van der Waals surface area contributed by atoms with Crippen LogP contribution in [0.4, 0.5) is 0 Å². The third-order valence-electron chi connectivity index (χ3n) is 1.12. The fourth-order valence-corrected chi connectivity index (χ4v) is 0.408. The lowest BCUT2D eigenvalue weighted by Crippen LogP contribution is -1.95. The minimum atomic E-state index is 0. The normalized spacial score (nSPS) is 7.00. The maximum absolute atomic E-state index is 5.14. The van der Waals surface area contributed by atoms with Crippen LogP contribution in [0.3, 0.4) is 0 Å². The predicted molar refractivity (Wildman–Crippen MR) is 65.5 cm³/mol. The van der Waals surface area contributed by atoms with Crippen molar-refractivity contribution in [3.63, 3.8) is 0 Å². The highest BCUT2D eigenvalue weighted by atomic mass is 79.9. The fourth-order valence-electron chi connectivity index (χ4n) is 0.408. The Morgan fingerprint density at radius 1 is 0.833 bits per heavy atom. The van der Waals surface area contributed by atoms with Gasteiger partial charge in [0.25, 0.3) is 0 Å². The molecule has 0 saturated heterocycles. The van der Waals surface area contributed by atoms with Gasteiger partial charge in [-0.15, -0.1) is 29.4 Å². The van der Waals surface area contributed by atoms with Crippen LogP contribution in [0.1, 0.15) is 39.5 Å². The van der Waals surface area contributed by atoms with Gasteiger partial charge in [0.15, 0.2) is 0 Å². The van der Waals surface area contributed by atoms with Crippen molar-refractivity contribution in [2.45, 2.75) is 39.5 Å². The van der Waals surface area contributed by atoms with Crippen molar-refractivity contribution in [1.82, 2.24) is 0 Å². The second-order valence-corrected chi connectivity index (χ2v) is 2.28. The molecule has 0 radical (unpaired) electrons. The highest BCUT2D eigenvalue weighted by molar-refractivity contribution is 8.93. The van der Waals surface area contributed by atoms with E-state index in [1.165, 1.54) is 25.7 Å². The van der Waals surface area contributed by atoms with Gasteiger partial charge in [0.1, 0.15) is 0 Å². The summed E-state index contributed by atoms with van der Waals surface area (Å²) in [7, 11) is 0. The van der Waals surface area contributed by atoms with Gasteiger partial charge in [0.05, 0.1) is 0 Å². The summed E-state index contributed by atoms with van der Waals surface area (Å²) in [5.74, 6) is 0. The molecular weight excluding hydrogens is 239 g/mol. The molecular formula is C8H24BrClN2. The van der Waals surface area contributed by atoms with Crippen LogP contribution >= 0.6 is 29.4 Å². The van der Waals surface area contributed by atoms with E-state index in [1.807, 2.05) is 0 Å². The van der Waals surface area contributed by atoms with Crippen LogP contribution in [-0.2, 0) is 0 Å². The molecule has 0 aliphatic heterocycles. The van der Waals surface area contributed by atoms with E-state index < -0.39 is 0 Å². The molecule has 0 amide bonds. The largest absolute Gasteiger partial charge is 0.330 e. The SMILES string of the molecule is Br.CCCCN.CCCCN.Cl. The number of hydrogen-bond donors (Lipinski definition) is 2. The van der Waals surface area contributed by atoms with Crippen LogP contribution in [0, 0.1) is 0 Å². The fraction of sp³-hybridized carbons (Fsp3) is 1.00. The Morgan fingerprint density at radius 3 is 1.08 bits per heavy atom. The number of halogens is 2. The van der Waals surface area contributed by atoms with Crippen molar-refractivity contribution in [2.24, 2.45) is 11.5 Å². The zero-order valence-electron chi connectivity index (χ0n) is 8.21. The lowest BCUT2D eigenvalue weighted by Gasteiger charge is -1.80. The van der Waals surface area contributed by atoms with Gasteiger partial charge < -0.3 is 11.5 Å². The third-order valence-corrected chi connectivity index (χ3v) is 1.12. The second kappa shape index (κ2) is 29.8. The molecule has 0 unspecified atom stereocenters. The van der Waals surface area contributed by atoms with E-state index in [-0.39, 0.29) is 29.4 Å². The predicted octanol–water partition coefficient (Wildman–Crippen LogP) is 2.49. The summed E-state index contributed by atoms with van der Waals surface area (Å²) in [6.07, 6.45) is 4.77. The first-order valence-electron chi connectivity index (χ1n) is 4.23. The monoisotopic (exact) mass is 262 g/mol. The summed E-state index contributed by atoms with van der Waals surface area (Å²) in [5.41, 5.74) is 10.3. The quantitative estimate of drug-likeness (QED) is 0.819. The standard InChI is InChI=1S/2C4H11N.BrH.ClH/c2*1-2-3-4-5;;/h2*2-5H2,1H3;2*1H. The molecule has 0 bridgehead atoms. The first-order valence-corrected chi connectivity index (χ1v) is 4.23. The lowest BCUT2D eigenvalue weighted by molar-refractivity contribution is 0.807. The van der Waals surface area contributed by atoms with Gasteiger partial charge in [-0.25, -0.2) is 0 Å². The van der Waals surface area contributed by atoms with Gasteiger partial charge in [0.2, 0.25) is 0 Å². The molecule has 12 heavy (non-hydrogen) atoms. The summed E-state index contributed by atoms with van der Waals surface area (Å²) in [6.45, 7) is 5.95. The minimum absolute atomic E-state index is 0. The summed E-state index contributed by atoms with van der Waals surface area (Å²) in [6, 6.07) is 0. The average molecular weight is 264 g/mol. The van der Waals surface area contributed by atoms with Gasteiger partial charge in [-0.2, -0.15) is 0 Å². The molecule has 0 saturated carbocycles. The van der Waals surface area contributed by atoms with E-state index in [4.69, 9.17) is 11.5 Å². The van der Waals surface area contributed by atoms with Crippen LogP contribution in [0.2, 0.25) is 0 Å². The van der Waals surface area contributed by atoms with E-state index in [0.29, 0.717) is 0 Å². The number of nitrogens with two attached hydrogens (primary N) is 2. The second-order valence-electron chi connectivity index (χ2n) is 2.28. The first-order chi connectivity index (χ1) is 4.83. The Bertz CT molecular complexity index is 38.0. The Balaban J connectivity index is -0.0000000457. The van der Waals surface area contributed by atoms with Crippen LogP contribution < -0.4 is 11.5 Å². The molecule has 2 nitrogen and oxygen atoms in total. The van der Waals surface area contributed by atoms with Crippen molar-refractivity contribution in [2.75, 3.05) is 13.1 Å². The summed E-state index contributed by atoms with van der Waals surface area (Å²) in [4.78, 5) is 0. The number of rotatable bonds is 4. The highest BCUT2D eigenvalue weighted by Crippen LogP contribution is 1.77. The van der Waals surface area contributed by atoms with Crippen LogP contribution in [0.5, 0.6) is 0 Å². The molecule has 4 heteroatoms. The van der Waals surface area contributed by atoms with Crippen molar-refractivity contribution >= 4 is 29.4 Å². The third kappa shape index (κ3) is 45.6. The topological polar surface area (TPSA) is 52.0 Å². The Hall–Kier alpha value is 0.690. The molecule has 0 aliphatic rings. The van der Waals surface area contributed by atoms with E-state index in [0.717, 1.165) is 13.1 Å². The maximum Gasteiger partial charge on any atom is -0.00774 e. The minimum Gasteiger partial charge on any atom is -0.330 e. The Kier molecular flexibility index (Phi) is 57.1. The van der Waals surface area contributed by atoms with Crippen LogP contribution in [0.15, 0.2) is 0 Å². The van der Waals surface area contributed by atoms with Gasteiger partial charge >= 0.3 is 0 Å². The molecule has 0 atom stereocenters. The zero-order chi connectivity index (χ0) is 8.24. The molecule has 0 rings (SSSR count). The van der Waals surface area contributed by atoms with E-state index in [1.54, 1.807) is 0 Å². The van der Waals surface area contributed by atoms with Crippen LogP contribution in [-0.4, -0.2) is 13.1 Å². The molecule has 4 N–H and O–H groups in total. The summed E-state index contributed by atoms with van der Waals surface area (Å²) >= 11 is 0. The molecule has 80 valence electrons. The van der Waals surface area contributed by atoms with Gasteiger partial charge in [-0.05, 0) is 25.9 Å². The first kappa shape index (κ1) is 23.0. The van der Waals surface area contributed by atoms with E-state index in [9.17, 15) is 0 Å². The van der Waals surface area contributed by atoms with Crippen molar-refractivity contribution in [1.29, 1.82) is 0 Å². The van der Waals surface area contributed by atoms with Gasteiger partial charge in [-0.1, -0.05) is 26.7 Å². The van der Waals surface area contributed by atoms with Crippen molar-refractivity contribution < 1.29 is 0 Å². The molecule has 0 spiro atoms.